The van der Waals surface area contributed by atoms with E-state index in [9.17, 15) is 9.59 Å². The number of nitrogens with one attached hydrogen (secondary N) is 1. The largest absolute Gasteiger partial charge is 0.478 e. The van der Waals surface area contributed by atoms with E-state index in [1.807, 2.05) is 0 Å². The molecule has 0 radical (unpaired) electrons. The van der Waals surface area contributed by atoms with Crippen molar-refractivity contribution in [1.29, 1.82) is 0 Å². The van der Waals surface area contributed by atoms with Crippen molar-refractivity contribution < 1.29 is 19.4 Å². The van der Waals surface area contributed by atoms with Gasteiger partial charge in [-0.05, 0) is 17.7 Å². The minimum absolute atomic E-state index is 0.0954. The van der Waals surface area contributed by atoms with Crippen LogP contribution < -0.4 is 5.32 Å². The maximum Gasteiger partial charge on any atom is 0.407 e. The Labute approximate surface area is 109 Å². The lowest BCUT2D eigenvalue weighted by atomic mass is 10.1. The number of rotatable bonds is 5. The molecule has 0 atom stereocenters. The Morgan fingerprint density at radius 2 is 2.22 bits per heavy atom. The van der Waals surface area contributed by atoms with Crippen molar-refractivity contribution in [2.75, 3.05) is 6.61 Å². The molecule has 1 aromatic carbocycles. The first kappa shape index (κ1) is 14.1. The monoisotopic (exact) mass is 269 g/mol. The third kappa shape index (κ3) is 4.10. The van der Waals surface area contributed by atoms with Gasteiger partial charge in [0.25, 0.3) is 0 Å². The van der Waals surface area contributed by atoms with Crippen LogP contribution in [0.2, 0.25) is 5.02 Å². The number of carbonyl (C=O) groups is 2. The Bertz CT molecular complexity index is 473. The van der Waals surface area contributed by atoms with Gasteiger partial charge < -0.3 is 15.2 Å². The molecule has 6 heteroatoms. The fourth-order valence-electron chi connectivity index (χ4n) is 1.18. The highest BCUT2D eigenvalue weighted by molar-refractivity contribution is 6.31. The average Bonchev–Trinajstić information content (AvgIpc) is 2.34. The van der Waals surface area contributed by atoms with Crippen LogP contribution in [0.5, 0.6) is 0 Å². The number of hydrogen-bond donors (Lipinski definition) is 2. The van der Waals surface area contributed by atoms with Gasteiger partial charge in [-0.15, -0.1) is 0 Å². The lowest BCUT2D eigenvalue weighted by Crippen LogP contribution is -2.24. The Balaban J connectivity index is 2.60. The standard InChI is InChI=1S/C12H12ClNO4/c1-2-5-18-12(17)14-7-9-4-3-8(11(15)16)6-10(9)13/h2-4,6H,1,5,7H2,(H,14,17)(H,15,16). The smallest absolute Gasteiger partial charge is 0.407 e. The molecule has 0 fully saturated rings. The Morgan fingerprint density at radius 1 is 1.50 bits per heavy atom. The summed E-state index contributed by atoms with van der Waals surface area (Å²) in [6.07, 6.45) is 0.863. The number of ether oxygens (including phenoxy) is 1. The highest BCUT2D eigenvalue weighted by Crippen LogP contribution is 2.17. The fraction of sp³-hybridized carbons (Fsp3) is 0.167. The van der Waals surface area contributed by atoms with Gasteiger partial charge in [-0.25, -0.2) is 9.59 Å². The normalized spacial score (nSPS) is 9.61. The van der Waals surface area contributed by atoms with Crippen LogP contribution in [0.25, 0.3) is 0 Å². The van der Waals surface area contributed by atoms with E-state index in [1.165, 1.54) is 18.2 Å². The summed E-state index contributed by atoms with van der Waals surface area (Å²) in [5.41, 5.74) is 0.704. The van der Waals surface area contributed by atoms with E-state index in [1.54, 1.807) is 6.07 Å². The SMILES string of the molecule is C=CCOC(=O)NCc1ccc(C(=O)O)cc1Cl. The molecule has 5 nitrogen and oxygen atoms in total. The van der Waals surface area contributed by atoms with Gasteiger partial charge in [0.2, 0.25) is 0 Å². The summed E-state index contributed by atoms with van der Waals surface area (Å²) >= 11 is 5.89. The van der Waals surface area contributed by atoms with E-state index in [-0.39, 0.29) is 23.7 Å². The van der Waals surface area contributed by atoms with Gasteiger partial charge in [0.15, 0.2) is 0 Å². The van der Waals surface area contributed by atoms with Crippen LogP contribution in [0, 0.1) is 0 Å². The Morgan fingerprint density at radius 3 is 2.78 bits per heavy atom. The molecule has 0 aliphatic rings. The number of halogens is 1. The number of carboxylic acids is 1. The van der Waals surface area contributed by atoms with Crippen LogP contribution in [0.1, 0.15) is 15.9 Å². The Kier molecular flexibility index (Phi) is 5.20. The summed E-state index contributed by atoms with van der Waals surface area (Å²) in [4.78, 5) is 21.8. The van der Waals surface area contributed by atoms with Crippen LogP contribution in [0.4, 0.5) is 4.79 Å². The van der Waals surface area contributed by atoms with Crippen LogP contribution in [-0.4, -0.2) is 23.8 Å². The van der Waals surface area contributed by atoms with E-state index in [2.05, 4.69) is 11.9 Å². The number of aromatic carboxylic acids is 1. The quantitative estimate of drug-likeness (QED) is 0.805. The summed E-state index contributed by atoms with van der Waals surface area (Å²) < 4.78 is 4.71. The summed E-state index contributed by atoms with van der Waals surface area (Å²) in [5, 5.41) is 11.5. The maximum atomic E-state index is 11.1. The van der Waals surface area contributed by atoms with Gasteiger partial charge in [-0.1, -0.05) is 30.3 Å². The molecular weight excluding hydrogens is 258 g/mol. The molecule has 18 heavy (non-hydrogen) atoms. The molecule has 0 saturated carbocycles. The lowest BCUT2D eigenvalue weighted by Gasteiger charge is -2.07. The third-order valence-electron chi connectivity index (χ3n) is 2.06. The van der Waals surface area contributed by atoms with Crippen molar-refractivity contribution in [3.63, 3.8) is 0 Å². The molecular formula is C12H12ClNO4. The summed E-state index contributed by atoms with van der Waals surface area (Å²) in [6, 6.07) is 4.29. The number of benzene rings is 1. The molecule has 0 heterocycles. The van der Waals surface area contributed by atoms with Crippen molar-refractivity contribution in [3.8, 4) is 0 Å². The van der Waals surface area contributed by atoms with E-state index in [4.69, 9.17) is 21.4 Å². The van der Waals surface area contributed by atoms with Gasteiger partial charge >= 0.3 is 12.1 Å². The molecule has 1 rings (SSSR count). The zero-order valence-electron chi connectivity index (χ0n) is 9.48. The van der Waals surface area contributed by atoms with Crippen molar-refractivity contribution >= 4 is 23.7 Å². The number of amides is 1. The first-order valence-electron chi connectivity index (χ1n) is 5.08. The zero-order valence-corrected chi connectivity index (χ0v) is 10.2. The minimum Gasteiger partial charge on any atom is -0.478 e. The average molecular weight is 270 g/mol. The lowest BCUT2D eigenvalue weighted by molar-refractivity contribution is 0.0696. The van der Waals surface area contributed by atoms with Gasteiger partial charge in [0, 0.05) is 11.6 Å². The molecule has 96 valence electrons. The van der Waals surface area contributed by atoms with E-state index < -0.39 is 12.1 Å². The topological polar surface area (TPSA) is 75.6 Å². The molecule has 0 unspecified atom stereocenters. The predicted octanol–water partition coefficient (Wildman–Crippen LogP) is 2.45. The first-order chi connectivity index (χ1) is 8.54. The second kappa shape index (κ2) is 6.66. The van der Waals surface area contributed by atoms with Gasteiger partial charge in [0.1, 0.15) is 6.61 Å². The molecule has 1 aromatic rings. The molecule has 0 aliphatic carbocycles. The molecule has 0 saturated heterocycles. The second-order valence-electron chi connectivity index (χ2n) is 3.35. The van der Waals surface area contributed by atoms with Crippen LogP contribution in [0.3, 0.4) is 0 Å². The molecule has 0 aliphatic heterocycles. The number of carbonyl (C=O) groups excluding carboxylic acids is 1. The highest BCUT2D eigenvalue weighted by atomic mass is 35.5. The molecule has 0 bridgehead atoms. The molecule has 0 spiro atoms. The first-order valence-corrected chi connectivity index (χ1v) is 5.45. The molecule has 0 aromatic heterocycles. The predicted molar refractivity (Wildman–Crippen MR) is 66.8 cm³/mol. The van der Waals surface area contributed by atoms with E-state index in [0.717, 1.165) is 0 Å². The molecule has 1 amide bonds. The number of hydrogen-bond acceptors (Lipinski definition) is 3. The van der Waals surface area contributed by atoms with Gasteiger partial charge in [0.05, 0.1) is 5.56 Å². The number of alkyl carbamates (subject to hydrolysis) is 1. The van der Waals surface area contributed by atoms with E-state index in [0.29, 0.717) is 5.56 Å². The van der Waals surface area contributed by atoms with E-state index >= 15 is 0 Å². The Hall–Kier alpha value is -2.01. The molecule has 2 N–H and O–H groups in total. The van der Waals surface area contributed by atoms with Crippen molar-refractivity contribution in [3.05, 3.63) is 47.0 Å². The van der Waals surface area contributed by atoms with Crippen LogP contribution in [0.15, 0.2) is 30.9 Å². The summed E-state index contributed by atoms with van der Waals surface area (Å²) in [6.45, 7) is 3.69. The van der Waals surface area contributed by atoms with Gasteiger partial charge in [-0.3, -0.25) is 0 Å². The van der Waals surface area contributed by atoms with Crippen LogP contribution >= 0.6 is 11.6 Å². The van der Waals surface area contributed by atoms with Crippen molar-refractivity contribution in [2.45, 2.75) is 6.54 Å². The van der Waals surface area contributed by atoms with Gasteiger partial charge in [-0.2, -0.15) is 0 Å². The number of carboxylic acid groups (broad SMARTS) is 1. The maximum absolute atomic E-state index is 11.1. The minimum atomic E-state index is -1.05. The zero-order chi connectivity index (χ0) is 13.5. The summed E-state index contributed by atoms with van der Waals surface area (Å²) in [5.74, 6) is -1.05. The fourth-order valence-corrected chi connectivity index (χ4v) is 1.42. The van der Waals surface area contributed by atoms with Crippen LogP contribution in [-0.2, 0) is 11.3 Å². The second-order valence-corrected chi connectivity index (χ2v) is 3.76. The highest BCUT2D eigenvalue weighted by Gasteiger charge is 2.08. The van der Waals surface area contributed by atoms with Crippen molar-refractivity contribution in [2.24, 2.45) is 0 Å². The summed E-state index contributed by atoms with van der Waals surface area (Å²) in [7, 11) is 0. The third-order valence-corrected chi connectivity index (χ3v) is 2.41. The van der Waals surface area contributed by atoms with Crippen molar-refractivity contribution in [1.82, 2.24) is 5.32 Å².